The van der Waals surface area contributed by atoms with Gasteiger partial charge >= 0.3 is 5.97 Å². The maximum atomic E-state index is 12.4. The molecule has 8 nitrogen and oxygen atoms in total. The van der Waals surface area contributed by atoms with Crippen molar-refractivity contribution in [3.8, 4) is 11.5 Å². The van der Waals surface area contributed by atoms with Gasteiger partial charge in [0.15, 0.2) is 12.4 Å². The van der Waals surface area contributed by atoms with Gasteiger partial charge in [0.05, 0.1) is 18.7 Å². The average Bonchev–Trinajstić information content (AvgIpc) is 2.79. The van der Waals surface area contributed by atoms with E-state index in [1.807, 2.05) is 13.8 Å². The number of nitrogens with zero attached hydrogens (tertiary/aromatic N) is 1. The van der Waals surface area contributed by atoms with Crippen molar-refractivity contribution in [3.05, 3.63) is 70.4 Å². The number of esters is 1. The van der Waals surface area contributed by atoms with Gasteiger partial charge in [-0.25, -0.2) is 4.79 Å². The van der Waals surface area contributed by atoms with Crippen LogP contribution in [0.4, 0.5) is 0 Å². The molecule has 0 amide bonds. The molecule has 3 aromatic rings. The van der Waals surface area contributed by atoms with Crippen LogP contribution in [-0.4, -0.2) is 40.5 Å². The Morgan fingerprint density at radius 2 is 1.87 bits per heavy atom. The number of carbonyl (C=O) groups is 2. The minimum Gasteiger partial charge on any atom is -0.505 e. The number of hydrogen-bond donors (Lipinski definition) is 2. The standard InChI is InChI=1S/C20H16N2O6.C2H6/c1-27-17(24)11-28-13-8-12(9-21-10-13)6-7-16(23)18-19(25)14-4-2-3-5-15(14)20(26)22-18;1-2/h2-10,25H,11H2,1H3,(H,22,26);1-2H3/b7-6+;. The molecule has 2 N–H and O–H groups in total. The smallest absolute Gasteiger partial charge is 0.343 e. The van der Waals surface area contributed by atoms with Crippen LogP contribution in [0.15, 0.2) is 53.6 Å². The number of carbonyl (C=O) groups excluding carboxylic acids is 2. The third kappa shape index (κ3) is 5.32. The third-order valence-corrected chi connectivity index (χ3v) is 3.89. The monoisotopic (exact) mass is 410 g/mol. The number of H-pyrrole nitrogens is 1. The number of ketones is 1. The van der Waals surface area contributed by atoms with E-state index in [0.29, 0.717) is 22.1 Å². The zero-order valence-electron chi connectivity index (χ0n) is 16.8. The highest BCUT2D eigenvalue weighted by molar-refractivity contribution is 6.10. The fraction of sp³-hybridized carbons (Fsp3) is 0.182. The van der Waals surface area contributed by atoms with Crippen LogP contribution in [0, 0.1) is 0 Å². The predicted octanol–water partition coefficient (Wildman–Crippen LogP) is 3.10. The molecule has 0 saturated carbocycles. The SMILES string of the molecule is CC.COC(=O)COc1cncc(/C=C/C(=O)c2[nH]c(=O)c3ccccc3c2O)c1. The first-order valence-electron chi connectivity index (χ1n) is 9.20. The Labute approximate surface area is 172 Å². The van der Waals surface area contributed by atoms with E-state index >= 15 is 0 Å². The summed E-state index contributed by atoms with van der Waals surface area (Å²) in [5, 5.41) is 10.9. The highest BCUT2D eigenvalue weighted by Crippen LogP contribution is 2.25. The van der Waals surface area contributed by atoms with Gasteiger partial charge in [-0.2, -0.15) is 0 Å². The number of benzene rings is 1. The van der Waals surface area contributed by atoms with E-state index in [9.17, 15) is 19.5 Å². The average molecular weight is 410 g/mol. The molecule has 0 aliphatic rings. The molecule has 0 unspecified atom stereocenters. The summed E-state index contributed by atoms with van der Waals surface area (Å²) in [6, 6.07) is 8.02. The van der Waals surface area contributed by atoms with Gasteiger partial charge in [-0.3, -0.25) is 14.6 Å². The molecule has 0 saturated heterocycles. The van der Waals surface area contributed by atoms with E-state index in [1.165, 1.54) is 31.7 Å². The molecule has 1 aromatic carbocycles. The molecule has 30 heavy (non-hydrogen) atoms. The Hall–Kier alpha value is -3.94. The molecule has 0 radical (unpaired) electrons. The first-order valence-corrected chi connectivity index (χ1v) is 9.20. The van der Waals surface area contributed by atoms with Crippen LogP contribution in [0.1, 0.15) is 29.9 Å². The van der Waals surface area contributed by atoms with Crippen molar-refractivity contribution in [2.24, 2.45) is 0 Å². The van der Waals surface area contributed by atoms with Crippen molar-refractivity contribution in [2.75, 3.05) is 13.7 Å². The zero-order valence-corrected chi connectivity index (χ0v) is 16.8. The van der Waals surface area contributed by atoms with Gasteiger partial charge in [-0.1, -0.05) is 32.0 Å². The summed E-state index contributed by atoms with van der Waals surface area (Å²) >= 11 is 0. The lowest BCUT2D eigenvalue weighted by molar-refractivity contribution is -0.142. The van der Waals surface area contributed by atoms with Crippen molar-refractivity contribution in [3.63, 3.8) is 0 Å². The second-order valence-electron chi connectivity index (χ2n) is 5.74. The van der Waals surface area contributed by atoms with Crippen molar-refractivity contribution in [2.45, 2.75) is 13.8 Å². The molecule has 0 aliphatic carbocycles. The van der Waals surface area contributed by atoms with Crippen LogP contribution in [0.2, 0.25) is 0 Å². The topological polar surface area (TPSA) is 119 Å². The molecule has 2 aromatic heterocycles. The number of aromatic hydroxyl groups is 1. The second kappa shape index (κ2) is 10.6. The molecule has 0 aliphatic heterocycles. The quantitative estimate of drug-likeness (QED) is 0.364. The summed E-state index contributed by atoms with van der Waals surface area (Å²) in [6.07, 6.45) is 5.54. The number of methoxy groups -OCH3 is 1. The highest BCUT2D eigenvalue weighted by Gasteiger charge is 2.14. The molecule has 0 fully saturated rings. The van der Waals surface area contributed by atoms with Gasteiger partial charge in [-0.15, -0.1) is 0 Å². The molecule has 0 atom stereocenters. The van der Waals surface area contributed by atoms with Gasteiger partial charge in [0.25, 0.3) is 5.56 Å². The molecule has 156 valence electrons. The van der Waals surface area contributed by atoms with Crippen molar-refractivity contribution in [1.82, 2.24) is 9.97 Å². The maximum Gasteiger partial charge on any atom is 0.343 e. The molecular weight excluding hydrogens is 388 g/mol. The van der Waals surface area contributed by atoms with E-state index in [0.717, 1.165) is 0 Å². The number of aromatic nitrogens is 2. The van der Waals surface area contributed by atoms with Crippen molar-refractivity contribution in [1.29, 1.82) is 0 Å². The first-order chi connectivity index (χ1) is 14.5. The highest BCUT2D eigenvalue weighted by atomic mass is 16.6. The third-order valence-electron chi connectivity index (χ3n) is 3.89. The van der Waals surface area contributed by atoms with Crippen LogP contribution in [0.3, 0.4) is 0 Å². The number of allylic oxidation sites excluding steroid dienone is 1. The molecule has 0 bridgehead atoms. The van der Waals surface area contributed by atoms with E-state index < -0.39 is 17.3 Å². The van der Waals surface area contributed by atoms with Gasteiger partial charge in [-0.05, 0) is 29.8 Å². The summed E-state index contributed by atoms with van der Waals surface area (Å²) in [4.78, 5) is 42.1. The lowest BCUT2D eigenvalue weighted by atomic mass is 10.1. The molecule has 0 spiro atoms. The fourth-order valence-electron chi connectivity index (χ4n) is 2.50. The number of hydrogen-bond acceptors (Lipinski definition) is 7. The molecular formula is C22H22N2O6. The van der Waals surface area contributed by atoms with Gasteiger partial charge < -0.3 is 19.6 Å². The van der Waals surface area contributed by atoms with Crippen molar-refractivity contribution < 1.29 is 24.2 Å². The Balaban J connectivity index is 0.00000155. The predicted molar refractivity (Wildman–Crippen MR) is 113 cm³/mol. The van der Waals surface area contributed by atoms with Gasteiger partial charge in [0.1, 0.15) is 11.4 Å². The van der Waals surface area contributed by atoms with E-state index in [1.54, 1.807) is 30.3 Å². The summed E-state index contributed by atoms with van der Waals surface area (Å²) in [5.74, 6) is -1.09. The van der Waals surface area contributed by atoms with Crippen LogP contribution >= 0.6 is 0 Å². The van der Waals surface area contributed by atoms with Gasteiger partial charge in [0.2, 0.25) is 5.78 Å². The summed E-state index contributed by atoms with van der Waals surface area (Å²) in [5.41, 5.74) is -0.144. The Morgan fingerprint density at radius 3 is 2.57 bits per heavy atom. The number of ether oxygens (including phenoxy) is 2. The van der Waals surface area contributed by atoms with Crippen LogP contribution in [-0.2, 0) is 9.53 Å². The lowest BCUT2D eigenvalue weighted by Gasteiger charge is -2.05. The van der Waals surface area contributed by atoms with Crippen LogP contribution < -0.4 is 10.3 Å². The number of aromatic amines is 1. The minimum absolute atomic E-state index is 0.203. The minimum atomic E-state index is -0.582. The van der Waals surface area contributed by atoms with Crippen LogP contribution in [0.5, 0.6) is 11.5 Å². The normalized spacial score (nSPS) is 10.4. The Bertz CT molecular complexity index is 1130. The lowest BCUT2D eigenvalue weighted by Crippen LogP contribution is -2.13. The maximum absolute atomic E-state index is 12.4. The van der Waals surface area contributed by atoms with E-state index in [2.05, 4.69) is 14.7 Å². The van der Waals surface area contributed by atoms with Gasteiger partial charge in [0, 0.05) is 11.6 Å². The number of fused-ring (bicyclic) bond motifs is 1. The second-order valence-corrected chi connectivity index (χ2v) is 5.74. The van der Waals surface area contributed by atoms with E-state index in [4.69, 9.17) is 4.74 Å². The van der Waals surface area contributed by atoms with Crippen molar-refractivity contribution >= 4 is 28.6 Å². The fourth-order valence-corrected chi connectivity index (χ4v) is 2.50. The number of pyridine rings is 2. The summed E-state index contributed by atoms with van der Waals surface area (Å²) < 4.78 is 9.72. The summed E-state index contributed by atoms with van der Waals surface area (Å²) in [7, 11) is 1.25. The summed E-state index contributed by atoms with van der Waals surface area (Å²) in [6.45, 7) is 3.73. The molecule has 3 rings (SSSR count). The molecule has 2 heterocycles. The number of nitrogens with one attached hydrogen (secondary N) is 1. The van der Waals surface area contributed by atoms with Crippen LogP contribution in [0.25, 0.3) is 16.8 Å². The Kier molecular flexibility index (Phi) is 7.87. The first kappa shape index (κ1) is 22.4. The Morgan fingerprint density at radius 1 is 1.17 bits per heavy atom. The zero-order chi connectivity index (χ0) is 22.1. The number of rotatable bonds is 6. The largest absolute Gasteiger partial charge is 0.505 e. The molecule has 8 heteroatoms. The van der Waals surface area contributed by atoms with E-state index in [-0.39, 0.29) is 18.1 Å².